The van der Waals surface area contributed by atoms with Crippen molar-refractivity contribution in [1.29, 1.82) is 0 Å². The normalized spacial score (nSPS) is 10.3. The molecular formula is C14H20BrNO. The summed E-state index contributed by atoms with van der Waals surface area (Å²) in [4.78, 5) is 11.8. The predicted molar refractivity (Wildman–Crippen MR) is 75.4 cm³/mol. The Bertz CT molecular complexity index is 356. The van der Waals surface area contributed by atoms with Crippen LogP contribution >= 0.6 is 15.9 Å². The summed E-state index contributed by atoms with van der Waals surface area (Å²) in [7, 11) is 0. The Morgan fingerprint density at radius 1 is 1.24 bits per heavy atom. The minimum Gasteiger partial charge on any atom is -0.352 e. The summed E-state index contributed by atoms with van der Waals surface area (Å²) in [6, 6.07) is 5.76. The summed E-state index contributed by atoms with van der Waals surface area (Å²) in [5.74, 6) is 0.0194. The molecule has 0 spiro atoms. The number of halogens is 1. The number of carbonyl (C=O) groups is 1. The minimum absolute atomic E-state index is 0.0194. The summed E-state index contributed by atoms with van der Waals surface area (Å²) in [5.41, 5.74) is 1.82. The van der Waals surface area contributed by atoms with Gasteiger partial charge in [-0.3, -0.25) is 4.79 Å². The number of carbonyl (C=O) groups excluding carboxylic acids is 1. The Kier molecular flexibility index (Phi) is 6.27. The predicted octanol–water partition coefficient (Wildman–Crippen LogP) is 4.07. The lowest BCUT2D eigenvalue weighted by Crippen LogP contribution is -2.24. The van der Waals surface area contributed by atoms with Crippen molar-refractivity contribution < 1.29 is 4.79 Å². The lowest BCUT2D eigenvalue weighted by Gasteiger charge is -2.06. The van der Waals surface area contributed by atoms with Gasteiger partial charge in [0.1, 0.15) is 0 Å². The third-order valence-electron chi connectivity index (χ3n) is 2.62. The molecule has 0 aromatic heterocycles. The molecule has 17 heavy (non-hydrogen) atoms. The van der Waals surface area contributed by atoms with Crippen molar-refractivity contribution in [2.45, 2.75) is 39.5 Å². The van der Waals surface area contributed by atoms with E-state index < -0.39 is 0 Å². The first kappa shape index (κ1) is 14.2. The van der Waals surface area contributed by atoms with Gasteiger partial charge in [0.05, 0.1) is 0 Å². The van der Waals surface area contributed by atoms with Gasteiger partial charge in [-0.1, -0.05) is 42.1 Å². The van der Waals surface area contributed by atoms with Gasteiger partial charge in [-0.25, -0.2) is 0 Å². The molecule has 1 aromatic carbocycles. The molecule has 0 saturated heterocycles. The zero-order valence-corrected chi connectivity index (χ0v) is 12.1. The van der Waals surface area contributed by atoms with Crippen molar-refractivity contribution in [3.05, 3.63) is 33.8 Å². The van der Waals surface area contributed by atoms with E-state index in [2.05, 4.69) is 28.2 Å². The summed E-state index contributed by atoms with van der Waals surface area (Å²) in [6.07, 6.45) is 4.71. The molecule has 1 N–H and O–H groups in total. The first-order chi connectivity index (χ1) is 8.13. The van der Waals surface area contributed by atoms with Crippen LogP contribution in [0.25, 0.3) is 0 Å². The van der Waals surface area contributed by atoms with Crippen LogP contribution in [-0.4, -0.2) is 12.5 Å². The number of rotatable bonds is 6. The molecule has 0 heterocycles. The van der Waals surface area contributed by atoms with Crippen LogP contribution in [0.1, 0.15) is 48.5 Å². The van der Waals surface area contributed by atoms with Gasteiger partial charge in [0, 0.05) is 16.6 Å². The number of amides is 1. The van der Waals surface area contributed by atoms with Crippen LogP contribution in [0.4, 0.5) is 0 Å². The van der Waals surface area contributed by atoms with Crippen molar-refractivity contribution in [1.82, 2.24) is 5.32 Å². The van der Waals surface area contributed by atoms with E-state index in [1.807, 2.05) is 25.1 Å². The maximum Gasteiger partial charge on any atom is 0.251 e. The molecule has 94 valence electrons. The SMILES string of the molecule is CCCCCCNC(=O)c1cc(C)cc(Br)c1. The number of aryl methyl sites for hydroxylation is 1. The topological polar surface area (TPSA) is 29.1 Å². The van der Waals surface area contributed by atoms with E-state index in [4.69, 9.17) is 0 Å². The van der Waals surface area contributed by atoms with Crippen LogP contribution < -0.4 is 5.32 Å². The van der Waals surface area contributed by atoms with E-state index in [1.165, 1.54) is 19.3 Å². The van der Waals surface area contributed by atoms with E-state index in [-0.39, 0.29) is 5.91 Å². The summed E-state index contributed by atoms with van der Waals surface area (Å²) in [6.45, 7) is 4.94. The van der Waals surface area contributed by atoms with Crippen LogP contribution in [0.3, 0.4) is 0 Å². The number of hydrogen-bond acceptors (Lipinski definition) is 1. The number of benzene rings is 1. The van der Waals surface area contributed by atoms with Crippen molar-refractivity contribution >= 4 is 21.8 Å². The monoisotopic (exact) mass is 297 g/mol. The molecule has 1 rings (SSSR count). The molecule has 0 fully saturated rings. The smallest absolute Gasteiger partial charge is 0.251 e. The third kappa shape index (κ3) is 5.35. The molecule has 0 aliphatic heterocycles. The molecule has 0 bridgehead atoms. The molecule has 0 radical (unpaired) electrons. The third-order valence-corrected chi connectivity index (χ3v) is 3.08. The Morgan fingerprint density at radius 2 is 2.00 bits per heavy atom. The van der Waals surface area contributed by atoms with E-state index >= 15 is 0 Å². The average molecular weight is 298 g/mol. The largest absolute Gasteiger partial charge is 0.352 e. The van der Waals surface area contributed by atoms with Crippen LogP contribution in [0.15, 0.2) is 22.7 Å². The maximum absolute atomic E-state index is 11.8. The second kappa shape index (κ2) is 7.49. The van der Waals surface area contributed by atoms with Gasteiger partial charge in [0.25, 0.3) is 5.91 Å². The molecule has 1 amide bonds. The number of hydrogen-bond donors (Lipinski definition) is 1. The Morgan fingerprint density at radius 3 is 2.65 bits per heavy atom. The molecule has 0 saturated carbocycles. The van der Waals surface area contributed by atoms with Crippen LogP contribution in [0.5, 0.6) is 0 Å². The summed E-state index contributed by atoms with van der Waals surface area (Å²) in [5, 5.41) is 2.95. The standard InChI is InChI=1S/C14H20BrNO/c1-3-4-5-6-7-16-14(17)12-8-11(2)9-13(15)10-12/h8-10H,3-7H2,1-2H3,(H,16,17). The van der Waals surface area contributed by atoms with Crippen molar-refractivity contribution in [3.8, 4) is 0 Å². The number of nitrogens with one attached hydrogen (secondary N) is 1. The first-order valence-corrected chi connectivity index (χ1v) is 6.98. The van der Waals surface area contributed by atoms with Crippen molar-refractivity contribution in [3.63, 3.8) is 0 Å². The lowest BCUT2D eigenvalue weighted by atomic mass is 10.1. The minimum atomic E-state index is 0.0194. The van der Waals surface area contributed by atoms with Gasteiger partial charge >= 0.3 is 0 Å². The molecule has 3 heteroatoms. The van der Waals surface area contributed by atoms with Gasteiger partial charge in [0.15, 0.2) is 0 Å². The van der Waals surface area contributed by atoms with E-state index in [9.17, 15) is 4.79 Å². The lowest BCUT2D eigenvalue weighted by molar-refractivity contribution is 0.0953. The Hall–Kier alpha value is -0.830. The summed E-state index contributed by atoms with van der Waals surface area (Å²) >= 11 is 3.40. The fourth-order valence-corrected chi connectivity index (χ4v) is 2.33. The molecule has 0 unspecified atom stereocenters. The van der Waals surface area contributed by atoms with Crippen LogP contribution in [-0.2, 0) is 0 Å². The molecule has 0 aliphatic rings. The molecular weight excluding hydrogens is 278 g/mol. The molecule has 0 atom stereocenters. The highest BCUT2D eigenvalue weighted by Crippen LogP contribution is 2.15. The Labute approximate surface area is 112 Å². The van der Waals surface area contributed by atoms with Gasteiger partial charge < -0.3 is 5.32 Å². The highest BCUT2D eigenvalue weighted by Gasteiger charge is 2.05. The van der Waals surface area contributed by atoms with E-state index in [0.29, 0.717) is 0 Å². The Balaban J connectivity index is 2.41. The second-order valence-electron chi connectivity index (χ2n) is 4.33. The highest BCUT2D eigenvalue weighted by atomic mass is 79.9. The van der Waals surface area contributed by atoms with Gasteiger partial charge in [-0.2, -0.15) is 0 Å². The molecule has 2 nitrogen and oxygen atoms in total. The van der Waals surface area contributed by atoms with Crippen molar-refractivity contribution in [2.24, 2.45) is 0 Å². The van der Waals surface area contributed by atoms with E-state index in [0.717, 1.165) is 28.6 Å². The van der Waals surface area contributed by atoms with Gasteiger partial charge in [-0.15, -0.1) is 0 Å². The van der Waals surface area contributed by atoms with E-state index in [1.54, 1.807) is 0 Å². The second-order valence-corrected chi connectivity index (χ2v) is 5.25. The first-order valence-electron chi connectivity index (χ1n) is 6.19. The average Bonchev–Trinajstić information content (AvgIpc) is 2.27. The van der Waals surface area contributed by atoms with Gasteiger partial charge in [0.2, 0.25) is 0 Å². The molecule has 0 aliphatic carbocycles. The molecule has 1 aromatic rings. The van der Waals surface area contributed by atoms with Gasteiger partial charge in [-0.05, 0) is 37.1 Å². The zero-order valence-electron chi connectivity index (χ0n) is 10.6. The fraction of sp³-hybridized carbons (Fsp3) is 0.500. The highest BCUT2D eigenvalue weighted by molar-refractivity contribution is 9.10. The quantitative estimate of drug-likeness (QED) is 0.788. The summed E-state index contributed by atoms with van der Waals surface area (Å²) < 4.78 is 0.952. The fourth-order valence-electron chi connectivity index (χ4n) is 1.72. The zero-order chi connectivity index (χ0) is 12.7. The van der Waals surface area contributed by atoms with Crippen LogP contribution in [0, 0.1) is 6.92 Å². The number of unbranched alkanes of at least 4 members (excludes halogenated alkanes) is 3. The van der Waals surface area contributed by atoms with Crippen LogP contribution in [0.2, 0.25) is 0 Å². The van der Waals surface area contributed by atoms with Crippen molar-refractivity contribution in [2.75, 3.05) is 6.54 Å². The maximum atomic E-state index is 11.8.